The Morgan fingerprint density at radius 2 is 1.95 bits per heavy atom. The molecular formula is C17H22N2O2. The maximum Gasteiger partial charge on any atom is 0.124 e. The van der Waals surface area contributed by atoms with E-state index in [-0.39, 0.29) is 6.04 Å². The average molecular weight is 286 g/mol. The van der Waals surface area contributed by atoms with Crippen molar-refractivity contribution in [2.45, 2.75) is 19.4 Å². The van der Waals surface area contributed by atoms with Crippen molar-refractivity contribution in [2.24, 2.45) is 5.84 Å². The van der Waals surface area contributed by atoms with Gasteiger partial charge < -0.3 is 9.47 Å². The van der Waals surface area contributed by atoms with Crippen LogP contribution in [-0.4, -0.2) is 13.7 Å². The van der Waals surface area contributed by atoms with Gasteiger partial charge in [0.05, 0.1) is 19.8 Å². The van der Waals surface area contributed by atoms with Gasteiger partial charge in [-0.3, -0.25) is 11.3 Å². The molecule has 0 saturated carbocycles. The fraction of sp³-hybridized carbons (Fsp3) is 0.294. The monoisotopic (exact) mass is 286 g/mol. The Balaban J connectivity index is 2.23. The molecule has 2 rings (SSSR count). The van der Waals surface area contributed by atoms with Gasteiger partial charge in [0.25, 0.3) is 0 Å². The van der Waals surface area contributed by atoms with Crippen molar-refractivity contribution >= 4 is 0 Å². The Kier molecular flexibility index (Phi) is 5.60. The first-order chi connectivity index (χ1) is 10.3. The number of nitrogens with one attached hydrogen (secondary N) is 1. The third-order valence-corrected chi connectivity index (χ3v) is 3.37. The molecule has 0 saturated heterocycles. The fourth-order valence-corrected chi connectivity index (χ4v) is 2.35. The number of ether oxygens (including phenoxy) is 2. The van der Waals surface area contributed by atoms with E-state index in [1.165, 1.54) is 0 Å². The van der Waals surface area contributed by atoms with Gasteiger partial charge in [0.1, 0.15) is 11.5 Å². The summed E-state index contributed by atoms with van der Waals surface area (Å²) in [5.41, 5.74) is 5.10. The summed E-state index contributed by atoms with van der Waals surface area (Å²) in [6.45, 7) is 2.61. The van der Waals surface area contributed by atoms with Crippen LogP contribution in [0.15, 0.2) is 48.5 Å². The minimum Gasteiger partial charge on any atom is -0.497 e. The Bertz CT molecular complexity index is 572. The van der Waals surface area contributed by atoms with Crippen LogP contribution in [0.1, 0.15) is 24.1 Å². The van der Waals surface area contributed by atoms with Gasteiger partial charge in [-0.15, -0.1) is 0 Å². The molecule has 0 fully saturated rings. The lowest BCUT2D eigenvalue weighted by molar-refractivity contribution is 0.331. The Morgan fingerprint density at radius 3 is 2.67 bits per heavy atom. The van der Waals surface area contributed by atoms with Crippen molar-refractivity contribution in [1.82, 2.24) is 5.43 Å². The molecule has 0 aliphatic heterocycles. The lowest BCUT2D eigenvalue weighted by Gasteiger charge is -2.20. The molecule has 2 aromatic carbocycles. The fourth-order valence-electron chi connectivity index (χ4n) is 2.35. The Hall–Kier alpha value is -2.04. The lowest BCUT2D eigenvalue weighted by atomic mass is 9.98. The minimum absolute atomic E-state index is 0.0140. The molecule has 112 valence electrons. The van der Waals surface area contributed by atoms with Gasteiger partial charge in [-0.1, -0.05) is 30.3 Å². The van der Waals surface area contributed by atoms with Crippen molar-refractivity contribution in [2.75, 3.05) is 13.7 Å². The number of hydrogen-bond donors (Lipinski definition) is 2. The summed E-state index contributed by atoms with van der Waals surface area (Å²) in [5.74, 6) is 7.47. The predicted octanol–water partition coefficient (Wildman–Crippen LogP) is 2.84. The van der Waals surface area contributed by atoms with Crippen LogP contribution in [0.2, 0.25) is 0 Å². The number of benzene rings is 2. The molecule has 4 nitrogen and oxygen atoms in total. The molecule has 0 aromatic heterocycles. The van der Waals surface area contributed by atoms with Crippen molar-refractivity contribution in [3.8, 4) is 11.5 Å². The van der Waals surface area contributed by atoms with E-state index < -0.39 is 0 Å². The summed E-state index contributed by atoms with van der Waals surface area (Å²) >= 11 is 0. The molecule has 0 aliphatic rings. The van der Waals surface area contributed by atoms with E-state index in [9.17, 15) is 0 Å². The largest absolute Gasteiger partial charge is 0.497 e. The summed E-state index contributed by atoms with van der Waals surface area (Å²) in [6.07, 6.45) is 0.762. The quantitative estimate of drug-likeness (QED) is 0.607. The van der Waals surface area contributed by atoms with Crippen LogP contribution in [-0.2, 0) is 6.42 Å². The normalized spacial score (nSPS) is 12.0. The zero-order chi connectivity index (χ0) is 15.1. The van der Waals surface area contributed by atoms with Crippen molar-refractivity contribution in [1.29, 1.82) is 0 Å². The zero-order valence-electron chi connectivity index (χ0n) is 12.5. The van der Waals surface area contributed by atoms with E-state index in [1.54, 1.807) is 7.11 Å². The molecule has 0 aliphatic carbocycles. The van der Waals surface area contributed by atoms with Crippen molar-refractivity contribution in [3.63, 3.8) is 0 Å². The molecule has 2 aromatic rings. The van der Waals surface area contributed by atoms with E-state index in [0.29, 0.717) is 6.61 Å². The number of hydrogen-bond acceptors (Lipinski definition) is 4. The highest BCUT2D eigenvalue weighted by Gasteiger charge is 2.15. The third kappa shape index (κ3) is 3.97. The molecule has 21 heavy (non-hydrogen) atoms. The van der Waals surface area contributed by atoms with E-state index >= 15 is 0 Å². The van der Waals surface area contributed by atoms with Gasteiger partial charge in [0, 0.05) is 5.56 Å². The molecule has 0 radical (unpaired) electrons. The Morgan fingerprint density at radius 1 is 1.14 bits per heavy atom. The second-order valence-electron chi connectivity index (χ2n) is 4.75. The summed E-state index contributed by atoms with van der Waals surface area (Å²) in [6, 6.07) is 16.0. The van der Waals surface area contributed by atoms with Crippen LogP contribution in [0.25, 0.3) is 0 Å². The molecule has 1 unspecified atom stereocenters. The highest BCUT2D eigenvalue weighted by molar-refractivity contribution is 5.38. The first kappa shape index (κ1) is 15.4. The number of hydrazine groups is 1. The van der Waals surface area contributed by atoms with Crippen LogP contribution in [0, 0.1) is 0 Å². The minimum atomic E-state index is -0.0140. The van der Waals surface area contributed by atoms with Gasteiger partial charge in [-0.25, -0.2) is 0 Å². The van der Waals surface area contributed by atoms with Gasteiger partial charge in [0.2, 0.25) is 0 Å². The molecule has 3 N–H and O–H groups in total. The predicted molar refractivity (Wildman–Crippen MR) is 84.4 cm³/mol. The van der Waals surface area contributed by atoms with Crippen LogP contribution in [0.4, 0.5) is 0 Å². The zero-order valence-corrected chi connectivity index (χ0v) is 12.5. The van der Waals surface area contributed by atoms with E-state index in [4.69, 9.17) is 15.3 Å². The van der Waals surface area contributed by atoms with E-state index in [2.05, 4.69) is 11.5 Å². The van der Waals surface area contributed by atoms with Crippen LogP contribution < -0.4 is 20.7 Å². The summed E-state index contributed by atoms with van der Waals surface area (Å²) < 4.78 is 10.9. The van der Waals surface area contributed by atoms with Crippen molar-refractivity contribution in [3.05, 3.63) is 59.7 Å². The highest BCUT2D eigenvalue weighted by atomic mass is 16.5. The maximum atomic E-state index is 5.75. The van der Waals surface area contributed by atoms with Gasteiger partial charge in [-0.05, 0) is 37.1 Å². The number of nitrogens with two attached hydrogens (primary N) is 1. The standard InChI is InChI=1S/C17H22N2O2/c1-3-21-17-10-5-4-9-15(17)16(19-18)12-13-7-6-8-14(11-13)20-2/h4-11,16,19H,3,12,18H2,1-2H3. The first-order valence-corrected chi connectivity index (χ1v) is 7.09. The van der Waals surface area contributed by atoms with Gasteiger partial charge >= 0.3 is 0 Å². The second-order valence-corrected chi connectivity index (χ2v) is 4.75. The summed E-state index contributed by atoms with van der Waals surface area (Å²) in [5, 5.41) is 0. The molecule has 0 bridgehead atoms. The molecule has 0 amide bonds. The first-order valence-electron chi connectivity index (χ1n) is 7.09. The molecule has 0 heterocycles. The third-order valence-electron chi connectivity index (χ3n) is 3.37. The maximum absolute atomic E-state index is 5.75. The summed E-state index contributed by atoms with van der Waals surface area (Å²) in [7, 11) is 1.67. The van der Waals surface area contributed by atoms with Crippen LogP contribution >= 0.6 is 0 Å². The summed E-state index contributed by atoms with van der Waals surface area (Å²) in [4.78, 5) is 0. The van der Waals surface area contributed by atoms with E-state index in [1.807, 2.05) is 49.4 Å². The lowest BCUT2D eigenvalue weighted by Crippen LogP contribution is -2.30. The molecule has 1 atom stereocenters. The van der Waals surface area contributed by atoms with Crippen LogP contribution in [0.5, 0.6) is 11.5 Å². The number of rotatable bonds is 7. The van der Waals surface area contributed by atoms with Crippen molar-refractivity contribution < 1.29 is 9.47 Å². The Labute approximate surface area is 125 Å². The average Bonchev–Trinajstić information content (AvgIpc) is 2.54. The molecule has 0 spiro atoms. The molecule has 4 heteroatoms. The number of methoxy groups -OCH3 is 1. The smallest absolute Gasteiger partial charge is 0.124 e. The van der Waals surface area contributed by atoms with Gasteiger partial charge in [0.15, 0.2) is 0 Å². The van der Waals surface area contributed by atoms with E-state index in [0.717, 1.165) is 29.0 Å². The molecular weight excluding hydrogens is 264 g/mol. The van der Waals surface area contributed by atoms with Gasteiger partial charge in [-0.2, -0.15) is 0 Å². The number of para-hydroxylation sites is 1. The SMILES string of the molecule is CCOc1ccccc1C(Cc1cccc(OC)c1)NN. The second kappa shape index (κ2) is 7.67. The highest BCUT2D eigenvalue weighted by Crippen LogP contribution is 2.28. The van der Waals surface area contributed by atoms with Crippen LogP contribution in [0.3, 0.4) is 0 Å². The topological polar surface area (TPSA) is 56.5 Å².